The van der Waals surface area contributed by atoms with E-state index in [2.05, 4.69) is 4.98 Å². The third kappa shape index (κ3) is 2.53. The number of hydrogen-bond donors (Lipinski definition) is 1. The first-order valence-corrected chi connectivity index (χ1v) is 4.98. The number of hydrogen-bond acceptors (Lipinski definition) is 4. The van der Waals surface area contributed by atoms with Gasteiger partial charge in [0.1, 0.15) is 12.2 Å². The summed E-state index contributed by atoms with van der Waals surface area (Å²) in [5.74, 6) is -1.36. The van der Waals surface area contributed by atoms with E-state index in [1.807, 2.05) is 0 Å². The van der Waals surface area contributed by atoms with Gasteiger partial charge in [-0.25, -0.2) is 4.98 Å². The number of nitrogens with zero attached hydrogens (tertiary/aromatic N) is 2. The highest BCUT2D eigenvalue weighted by Gasteiger charge is 2.17. The highest BCUT2D eigenvalue weighted by Crippen LogP contribution is 2.05. The predicted molar refractivity (Wildman–Crippen MR) is 51.3 cm³/mol. The molecular weight excluding hydrogens is 204 g/mol. The molecule has 5 nitrogen and oxygen atoms in total. The molecule has 0 aliphatic carbocycles. The Balaban J connectivity index is 2.70. The van der Waals surface area contributed by atoms with E-state index in [1.165, 1.54) is 16.2 Å². The molecule has 0 spiro atoms. The summed E-state index contributed by atoms with van der Waals surface area (Å²) in [5, 5.41) is 10.2. The second kappa shape index (κ2) is 4.71. The molecule has 0 fully saturated rings. The SMILES string of the molecule is CCN(CC(=O)O)C(=O)c1cscn1. The van der Waals surface area contributed by atoms with Gasteiger partial charge in [0.25, 0.3) is 5.91 Å². The summed E-state index contributed by atoms with van der Waals surface area (Å²) in [6, 6.07) is 0. The van der Waals surface area contributed by atoms with Crippen LogP contribution in [0.2, 0.25) is 0 Å². The van der Waals surface area contributed by atoms with E-state index in [0.717, 1.165) is 0 Å². The van der Waals surface area contributed by atoms with Crippen molar-refractivity contribution in [3.8, 4) is 0 Å². The molecule has 1 rings (SSSR count). The summed E-state index contributed by atoms with van der Waals surface area (Å²) in [6.07, 6.45) is 0. The number of amides is 1. The van der Waals surface area contributed by atoms with Crippen molar-refractivity contribution in [3.63, 3.8) is 0 Å². The molecule has 0 unspecified atom stereocenters. The van der Waals surface area contributed by atoms with Crippen LogP contribution in [0.3, 0.4) is 0 Å². The molecule has 0 saturated heterocycles. The highest BCUT2D eigenvalue weighted by atomic mass is 32.1. The molecule has 1 amide bonds. The Kier molecular flexibility index (Phi) is 3.58. The van der Waals surface area contributed by atoms with Crippen molar-refractivity contribution in [1.82, 2.24) is 9.88 Å². The van der Waals surface area contributed by atoms with Crippen molar-refractivity contribution in [2.45, 2.75) is 6.92 Å². The maximum Gasteiger partial charge on any atom is 0.323 e. The lowest BCUT2D eigenvalue weighted by Crippen LogP contribution is -2.35. The Bertz CT molecular complexity index is 323. The van der Waals surface area contributed by atoms with Gasteiger partial charge >= 0.3 is 5.97 Å². The summed E-state index contributed by atoms with van der Waals surface area (Å²) in [5.41, 5.74) is 1.85. The summed E-state index contributed by atoms with van der Waals surface area (Å²) >= 11 is 1.31. The van der Waals surface area contributed by atoms with Crippen LogP contribution in [0.1, 0.15) is 17.4 Å². The molecule has 0 saturated carbocycles. The molecule has 0 bridgehead atoms. The van der Waals surface area contributed by atoms with E-state index in [9.17, 15) is 9.59 Å². The van der Waals surface area contributed by atoms with E-state index in [4.69, 9.17) is 5.11 Å². The molecule has 1 N–H and O–H groups in total. The lowest BCUT2D eigenvalue weighted by Gasteiger charge is -2.16. The average molecular weight is 214 g/mol. The van der Waals surface area contributed by atoms with Crippen LogP contribution in [0.5, 0.6) is 0 Å². The van der Waals surface area contributed by atoms with Gasteiger partial charge in [0.15, 0.2) is 0 Å². The third-order valence-electron chi connectivity index (χ3n) is 1.65. The van der Waals surface area contributed by atoms with Crippen LogP contribution >= 0.6 is 11.3 Å². The van der Waals surface area contributed by atoms with Crippen LogP contribution in [-0.2, 0) is 4.79 Å². The number of likely N-dealkylation sites (N-methyl/N-ethyl adjacent to an activating group) is 1. The Morgan fingerprint density at radius 1 is 1.64 bits per heavy atom. The maximum absolute atomic E-state index is 11.6. The number of aliphatic carboxylic acids is 1. The van der Waals surface area contributed by atoms with Crippen molar-refractivity contribution in [2.24, 2.45) is 0 Å². The normalized spacial score (nSPS) is 9.79. The second-order valence-electron chi connectivity index (χ2n) is 2.59. The largest absolute Gasteiger partial charge is 0.480 e. The lowest BCUT2D eigenvalue weighted by molar-refractivity contribution is -0.137. The quantitative estimate of drug-likeness (QED) is 0.800. The first-order chi connectivity index (χ1) is 6.65. The molecule has 1 aromatic heterocycles. The molecule has 1 heterocycles. The van der Waals surface area contributed by atoms with Gasteiger partial charge in [-0.05, 0) is 6.92 Å². The molecule has 76 valence electrons. The van der Waals surface area contributed by atoms with E-state index in [-0.39, 0.29) is 12.5 Å². The fraction of sp³-hybridized carbons (Fsp3) is 0.375. The lowest BCUT2D eigenvalue weighted by atomic mass is 10.4. The number of carboxylic acid groups (broad SMARTS) is 1. The second-order valence-corrected chi connectivity index (χ2v) is 3.31. The van der Waals surface area contributed by atoms with Gasteiger partial charge < -0.3 is 10.0 Å². The van der Waals surface area contributed by atoms with Crippen molar-refractivity contribution in [3.05, 3.63) is 16.6 Å². The number of carboxylic acids is 1. The maximum atomic E-state index is 11.6. The number of carbonyl (C=O) groups is 2. The van der Waals surface area contributed by atoms with Crippen molar-refractivity contribution >= 4 is 23.2 Å². The monoisotopic (exact) mass is 214 g/mol. The van der Waals surface area contributed by atoms with E-state index < -0.39 is 5.97 Å². The van der Waals surface area contributed by atoms with E-state index in [1.54, 1.807) is 17.8 Å². The summed E-state index contributed by atoms with van der Waals surface area (Å²) < 4.78 is 0. The molecule has 0 aliphatic rings. The van der Waals surface area contributed by atoms with E-state index in [0.29, 0.717) is 12.2 Å². The Hall–Kier alpha value is -1.43. The summed E-state index contributed by atoms with van der Waals surface area (Å²) in [6.45, 7) is 1.81. The van der Waals surface area contributed by atoms with Crippen LogP contribution in [0.25, 0.3) is 0 Å². The van der Waals surface area contributed by atoms with Gasteiger partial charge in [-0.3, -0.25) is 9.59 Å². The topological polar surface area (TPSA) is 70.5 Å². The number of thiazole rings is 1. The van der Waals surface area contributed by atoms with Crippen LogP contribution in [0.15, 0.2) is 10.9 Å². The Labute approximate surface area is 85.0 Å². The van der Waals surface area contributed by atoms with Gasteiger partial charge in [0.2, 0.25) is 0 Å². The molecular formula is C8H10N2O3S. The third-order valence-corrected chi connectivity index (χ3v) is 2.23. The molecule has 6 heteroatoms. The summed E-state index contributed by atoms with van der Waals surface area (Å²) in [7, 11) is 0. The Morgan fingerprint density at radius 2 is 2.36 bits per heavy atom. The van der Waals surface area contributed by atoms with Crippen molar-refractivity contribution < 1.29 is 14.7 Å². The zero-order valence-electron chi connectivity index (χ0n) is 7.64. The minimum Gasteiger partial charge on any atom is -0.480 e. The highest BCUT2D eigenvalue weighted by molar-refractivity contribution is 7.07. The minimum atomic E-state index is -1.02. The van der Waals surface area contributed by atoms with Crippen molar-refractivity contribution in [2.75, 3.05) is 13.1 Å². The van der Waals surface area contributed by atoms with Crippen LogP contribution in [-0.4, -0.2) is 40.0 Å². The van der Waals surface area contributed by atoms with Gasteiger partial charge in [0, 0.05) is 11.9 Å². The predicted octanol–water partition coefficient (Wildman–Crippen LogP) is 0.690. The smallest absolute Gasteiger partial charge is 0.323 e. The standard InChI is InChI=1S/C8H10N2O3S/c1-2-10(3-7(11)12)8(13)6-4-14-5-9-6/h4-5H,2-3H2,1H3,(H,11,12). The van der Waals surface area contributed by atoms with E-state index >= 15 is 0 Å². The fourth-order valence-corrected chi connectivity index (χ4v) is 1.50. The average Bonchev–Trinajstić information content (AvgIpc) is 2.65. The van der Waals surface area contributed by atoms with Gasteiger partial charge in [-0.15, -0.1) is 11.3 Å². The zero-order chi connectivity index (χ0) is 10.6. The fourth-order valence-electron chi connectivity index (χ4n) is 0.971. The number of aromatic nitrogens is 1. The zero-order valence-corrected chi connectivity index (χ0v) is 8.45. The van der Waals surface area contributed by atoms with Crippen LogP contribution < -0.4 is 0 Å². The molecule has 0 aliphatic heterocycles. The minimum absolute atomic E-state index is 0.285. The van der Waals surface area contributed by atoms with Gasteiger partial charge in [0.05, 0.1) is 5.51 Å². The molecule has 0 aromatic carbocycles. The van der Waals surface area contributed by atoms with Gasteiger partial charge in [-0.2, -0.15) is 0 Å². The Morgan fingerprint density at radius 3 is 2.79 bits per heavy atom. The first kappa shape index (κ1) is 10.6. The first-order valence-electron chi connectivity index (χ1n) is 4.04. The summed E-state index contributed by atoms with van der Waals surface area (Å²) in [4.78, 5) is 27.1. The molecule has 1 aromatic rings. The van der Waals surface area contributed by atoms with Crippen LogP contribution in [0, 0.1) is 0 Å². The number of carbonyl (C=O) groups excluding carboxylic acids is 1. The van der Waals surface area contributed by atoms with Crippen molar-refractivity contribution in [1.29, 1.82) is 0 Å². The van der Waals surface area contributed by atoms with Crippen LogP contribution in [0.4, 0.5) is 0 Å². The molecule has 0 atom stereocenters. The molecule has 14 heavy (non-hydrogen) atoms. The van der Waals surface area contributed by atoms with Gasteiger partial charge in [-0.1, -0.05) is 0 Å². The number of rotatable bonds is 4. The molecule has 0 radical (unpaired) electrons.